The number of hydrogen-bond donors (Lipinski definition) is 3. The van der Waals surface area contributed by atoms with Crippen LogP contribution < -0.4 is 16.8 Å². The molecule has 5 N–H and O–H groups in total. The second-order valence-corrected chi connectivity index (χ2v) is 8.00. The molecule has 36 heavy (non-hydrogen) atoms. The molecule has 0 radical (unpaired) electrons. The second kappa shape index (κ2) is 10.1. The minimum atomic E-state index is -0.864. The van der Waals surface area contributed by atoms with Gasteiger partial charge in [-0.3, -0.25) is 4.79 Å². The van der Waals surface area contributed by atoms with Gasteiger partial charge in [0.05, 0.1) is 23.1 Å². The highest BCUT2D eigenvalue weighted by molar-refractivity contribution is 6.00. The van der Waals surface area contributed by atoms with E-state index in [4.69, 9.17) is 16.2 Å². The minimum absolute atomic E-state index is 0.0464. The summed E-state index contributed by atoms with van der Waals surface area (Å²) in [6, 6.07) is 17.7. The van der Waals surface area contributed by atoms with Gasteiger partial charge >= 0.3 is 12.0 Å². The summed E-state index contributed by atoms with van der Waals surface area (Å²) < 4.78 is 21.4. The van der Waals surface area contributed by atoms with Crippen LogP contribution in [0.1, 0.15) is 32.0 Å². The maximum Gasteiger partial charge on any atom is 0.341 e. The number of ether oxygens (including phenoxy) is 1. The Labute approximate surface area is 205 Å². The number of aryl methyl sites for hydroxylation is 1. The predicted octanol–water partition coefficient (Wildman–Crippen LogP) is 3.93. The van der Waals surface area contributed by atoms with Crippen LogP contribution in [0.25, 0.3) is 16.8 Å². The molecule has 1 heterocycles. The smallest absolute Gasteiger partial charge is 0.341 e. The number of halogens is 1. The van der Waals surface area contributed by atoms with Crippen molar-refractivity contribution in [3.05, 3.63) is 101 Å². The Balaban J connectivity index is 1.50. The lowest BCUT2D eigenvalue weighted by molar-refractivity contribution is 0.0467. The Morgan fingerprint density at radius 3 is 2.36 bits per heavy atom. The molecule has 0 aliphatic rings. The van der Waals surface area contributed by atoms with Crippen molar-refractivity contribution in [2.24, 2.45) is 11.5 Å². The van der Waals surface area contributed by atoms with Gasteiger partial charge in [-0.2, -0.15) is 5.10 Å². The Hall–Kier alpha value is -4.99. The molecule has 0 aliphatic carbocycles. The number of hydrogen-bond acceptors (Lipinski definition) is 5. The average molecular weight is 487 g/mol. The number of primary amides is 2. The lowest BCUT2D eigenvalue weighted by atomic mass is 10.0. The molecule has 3 aromatic carbocycles. The van der Waals surface area contributed by atoms with Crippen LogP contribution in [-0.2, 0) is 11.3 Å². The van der Waals surface area contributed by atoms with Gasteiger partial charge in [0.1, 0.15) is 12.4 Å². The first-order chi connectivity index (χ1) is 17.2. The number of benzene rings is 3. The van der Waals surface area contributed by atoms with Crippen molar-refractivity contribution in [3.8, 4) is 16.8 Å². The van der Waals surface area contributed by atoms with Gasteiger partial charge in [0.15, 0.2) is 5.69 Å². The number of urea groups is 1. The molecular weight excluding hydrogens is 465 g/mol. The van der Waals surface area contributed by atoms with Gasteiger partial charge in [-0.05, 0) is 47.9 Å². The molecule has 0 fully saturated rings. The Morgan fingerprint density at radius 2 is 1.72 bits per heavy atom. The third-order valence-electron chi connectivity index (χ3n) is 5.31. The largest absolute Gasteiger partial charge is 0.457 e. The normalized spacial score (nSPS) is 10.6. The van der Waals surface area contributed by atoms with E-state index in [0.29, 0.717) is 16.8 Å². The highest BCUT2D eigenvalue weighted by atomic mass is 19.1. The van der Waals surface area contributed by atoms with Crippen LogP contribution in [0.15, 0.2) is 72.9 Å². The van der Waals surface area contributed by atoms with E-state index in [1.54, 1.807) is 30.3 Å². The third-order valence-corrected chi connectivity index (χ3v) is 5.31. The molecule has 4 rings (SSSR count). The third kappa shape index (κ3) is 5.39. The molecule has 0 spiro atoms. The molecule has 3 amide bonds. The fourth-order valence-electron chi connectivity index (χ4n) is 3.61. The van der Waals surface area contributed by atoms with Gasteiger partial charge < -0.3 is 21.5 Å². The maximum absolute atomic E-state index is 14.7. The van der Waals surface area contributed by atoms with Crippen LogP contribution in [0.3, 0.4) is 0 Å². The fourth-order valence-corrected chi connectivity index (χ4v) is 3.61. The van der Waals surface area contributed by atoms with Crippen LogP contribution in [-0.4, -0.2) is 27.7 Å². The van der Waals surface area contributed by atoms with E-state index in [9.17, 15) is 18.8 Å². The Bertz CT molecular complexity index is 1460. The predicted molar refractivity (Wildman–Crippen MR) is 131 cm³/mol. The number of nitrogens with one attached hydrogen (secondary N) is 1. The van der Waals surface area contributed by atoms with E-state index in [1.165, 1.54) is 23.0 Å². The summed E-state index contributed by atoms with van der Waals surface area (Å²) in [5.74, 6) is -2.28. The second-order valence-electron chi connectivity index (χ2n) is 8.00. The first-order valence-corrected chi connectivity index (χ1v) is 10.8. The minimum Gasteiger partial charge on any atom is -0.457 e. The summed E-state index contributed by atoms with van der Waals surface area (Å²) in [4.78, 5) is 35.1. The fraction of sp³-hybridized carbons (Fsp3) is 0.0769. The van der Waals surface area contributed by atoms with Crippen molar-refractivity contribution in [1.82, 2.24) is 9.78 Å². The van der Waals surface area contributed by atoms with E-state index in [-0.39, 0.29) is 23.6 Å². The standard InChI is InChI=1S/C26H22FN5O4/c1-15-3-2-4-16(11-15)14-36-25(34)20-10-7-18(12-21(20)27)17-5-8-19(9-6-17)32-13-22(30-26(29)35)23(31-32)24(28)33/h2-13H,14H2,1H3,(H2,28,33)(H3,29,30,35). The number of aromatic nitrogens is 2. The monoisotopic (exact) mass is 487 g/mol. The Kier molecular flexibility index (Phi) is 6.77. The zero-order valence-electron chi connectivity index (χ0n) is 19.2. The van der Waals surface area contributed by atoms with Crippen molar-refractivity contribution < 1.29 is 23.5 Å². The van der Waals surface area contributed by atoms with Crippen LogP contribution in [0, 0.1) is 12.7 Å². The molecule has 0 aliphatic heterocycles. The van der Waals surface area contributed by atoms with Crippen molar-refractivity contribution in [3.63, 3.8) is 0 Å². The van der Waals surface area contributed by atoms with E-state index in [1.807, 2.05) is 31.2 Å². The van der Waals surface area contributed by atoms with E-state index in [0.717, 1.165) is 11.1 Å². The molecule has 0 saturated heterocycles. The first-order valence-electron chi connectivity index (χ1n) is 10.8. The zero-order valence-corrected chi connectivity index (χ0v) is 19.2. The highest BCUT2D eigenvalue weighted by Crippen LogP contribution is 2.25. The zero-order chi connectivity index (χ0) is 25.8. The van der Waals surface area contributed by atoms with Gasteiger partial charge in [-0.25, -0.2) is 18.7 Å². The molecule has 9 nitrogen and oxygen atoms in total. The number of nitrogens with two attached hydrogens (primary N) is 2. The molecule has 10 heteroatoms. The van der Waals surface area contributed by atoms with E-state index in [2.05, 4.69) is 10.4 Å². The van der Waals surface area contributed by atoms with Crippen LogP contribution >= 0.6 is 0 Å². The number of anilines is 1. The van der Waals surface area contributed by atoms with Gasteiger partial charge in [0.2, 0.25) is 0 Å². The number of nitrogens with zero attached hydrogens (tertiary/aromatic N) is 2. The summed E-state index contributed by atoms with van der Waals surface area (Å²) in [6.07, 6.45) is 1.40. The number of amides is 3. The highest BCUT2D eigenvalue weighted by Gasteiger charge is 2.17. The summed E-state index contributed by atoms with van der Waals surface area (Å²) in [7, 11) is 0. The van der Waals surface area contributed by atoms with Crippen LogP contribution in [0.4, 0.5) is 14.9 Å². The Morgan fingerprint density at radius 1 is 1.00 bits per heavy atom. The lowest BCUT2D eigenvalue weighted by Gasteiger charge is -2.09. The molecule has 0 bridgehead atoms. The van der Waals surface area contributed by atoms with Gasteiger partial charge in [-0.1, -0.05) is 48.0 Å². The molecule has 0 saturated carbocycles. The van der Waals surface area contributed by atoms with Crippen molar-refractivity contribution in [2.45, 2.75) is 13.5 Å². The van der Waals surface area contributed by atoms with Gasteiger partial charge in [-0.15, -0.1) is 0 Å². The van der Waals surface area contributed by atoms with Crippen molar-refractivity contribution in [2.75, 3.05) is 5.32 Å². The summed E-state index contributed by atoms with van der Waals surface area (Å²) in [5.41, 5.74) is 13.8. The quantitative estimate of drug-likeness (QED) is 0.339. The molecule has 0 unspecified atom stereocenters. The van der Waals surface area contributed by atoms with Gasteiger partial charge in [0.25, 0.3) is 5.91 Å². The van der Waals surface area contributed by atoms with E-state index < -0.39 is 23.7 Å². The molecule has 0 atom stereocenters. The average Bonchev–Trinajstić information content (AvgIpc) is 3.26. The molecular formula is C26H22FN5O4. The summed E-state index contributed by atoms with van der Waals surface area (Å²) in [5, 5.41) is 6.38. The van der Waals surface area contributed by atoms with Gasteiger partial charge in [0, 0.05) is 0 Å². The number of carbonyl (C=O) groups is 3. The lowest BCUT2D eigenvalue weighted by Crippen LogP contribution is -2.22. The topological polar surface area (TPSA) is 142 Å². The maximum atomic E-state index is 14.7. The van der Waals surface area contributed by atoms with Crippen LogP contribution in [0.2, 0.25) is 0 Å². The SMILES string of the molecule is Cc1cccc(COC(=O)c2ccc(-c3ccc(-n4cc(NC(N)=O)c(C(N)=O)n4)cc3)cc2F)c1. The van der Waals surface area contributed by atoms with E-state index >= 15 is 0 Å². The molecule has 1 aromatic heterocycles. The summed E-state index contributed by atoms with van der Waals surface area (Å²) in [6.45, 7) is 1.98. The van der Waals surface area contributed by atoms with Crippen molar-refractivity contribution in [1.29, 1.82) is 0 Å². The van der Waals surface area contributed by atoms with Crippen LogP contribution in [0.5, 0.6) is 0 Å². The summed E-state index contributed by atoms with van der Waals surface area (Å²) >= 11 is 0. The van der Waals surface area contributed by atoms with Crippen molar-refractivity contribution >= 4 is 23.6 Å². The molecule has 182 valence electrons. The number of carbonyl (C=O) groups excluding carboxylic acids is 3. The first kappa shape index (κ1) is 24.1. The molecule has 4 aromatic rings. The number of rotatable bonds is 7. The number of esters is 1.